The van der Waals surface area contributed by atoms with Crippen LogP contribution in [0.2, 0.25) is 0 Å². The maximum Gasteiger partial charge on any atom is 0.227 e. The first-order valence-electron chi connectivity index (χ1n) is 7.30. The lowest BCUT2D eigenvalue weighted by Crippen LogP contribution is -2.45. The highest BCUT2D eigenvalue weighted by molar-refractivity contribution is 5.80. The van der Waals surface area contributed by atoms with Crippen molar-refractivity contribution in [2.75, 3.05) is 20.3 Å². The van der Waals surface area contributed by atoms with Gasteiger partial charge in [-0.3, -0.25) is 4.79 Å². The number of carbonyl (C=O) groups is 1. The first-order valence-corrected chi connectivity index (χ1v) is 7.30. The summed E-state index contributed by atoms with van der Waals surface area (Å²) in [5, 5.41) is 6.24. The van der Waals surface area contributed by atoms with Gasteiger partial charge in [0.25, 0.3) is 0 Å². The number of amides is 1. The van der Waals surface area contributed by atoms with E-state index in [1.54, 1.807) is 0 Å². The summed E-state index contributed by atoms with van der Waals surface area (Å²) in [7, 11) is 1.87. The largest absolute Gasteiger partial charge is 0.379 e. The molecule has 110 valence electrons. The van der Waals surface area contributed by atoms with Gasteiger partial charge in [-0.05, 0) is 32.4 Å². The highest BCUT2D eigenvalue weighted by Gasteiger charge is 2.33. The van der Waals surface area contributed by atoms with Crippen LogP contribution in [-0.4, -0.2) is 38.3 Å². The fourth-order valence-electron chi connectivity index (χ4n) is 2.55. The van der Waals surface area contributed by atoms with Gasteiger partial charge in [0.15, 0.2) is 0 Å². The zero-order valence-corrected chi connectivity index (χ0v) is 12.3. The average molecular weight is 276 g/mol. The third-order valence-electron chi connectivity index (χ3n) is 3.89. The van der Waals surface area contributed by atoms with Crippen molar-refractivity contribution in [3.05, 3.63) is 35.9 Å². The molecule has 4 nitrogen and oxygen atoms in total. The average Bonchev–Trinajstić information content (AvgIpc) is 2.95. The molecule has 1 saturated heterocycles. The van der Waals surface area contributed by atoms with E-state index < -0.39 is 0 Å². The molecule has 2 rings (SSSR count). The number of hydrogen-bond donors (Lipinski definition) is 2. The summed E-state index contributed by atoms with van der Waals surface area (Å²) in [5.41, 5.74) is 1.31. The van der Waals surface area contributed by atoms with Crippen LogP contribution in [0.4, 0.5) is 0 Å². The number of aryl methyl sites for hydroxylation is 1. The van der Waals surface area contributed by atoms with Gasteiger partial charge in [0.1, 0.15) is 0 Å². The Hall–Kier alpha value is -1.39. The van der Waals surface area contributed by atoms with Gasteiger partial charge < -0.3 is 15.4 Å². The van der Waals surface area contributed by atoms with Crippen molar-refractivity contribution in [2.45, 2.75) is 31.8 Å². The molecule has 1 aromatic rings. The molecule has 0 saturated carbocycles. The standard InChI is InChI=1S/C16H24N2O2/c1-12(8-9-13-6-4-3-5-7-13)18-16(19)14-10-20-11-15(14)17-2/h3-7,12,14-15,17H,8-11H2,1-2H3,(H,18,19). The normalized spacial score (nSPS) is 23.5. The molecule has 0 aliphatic carbocycles. The van der Waals surface area contributed by atoms with Gasteiger partial charge in [0.2, 0.25) is 5.91 Å². The Balaban J connectivity index is 1.76. The molecular formula is C16H24N2O2. The molecule has 1 fully saturated rings. The summed E-state index contributed by atoms with van der Waals surface area (Å²) in [6.07, 6.45) is 1.94. The number of likely N-dealkylation sites (N-methyl/N-ethyl adjacent to an activating group) is 1. The zero-order valence-electron chi connectivity index (χ0n) is 12.3. The highest BCUT2D eigenvalue weighted by atomic mass is 16.5. The molecule has 3 unspecified atom stereocenters. The van der Waals surface area contributed by atoms with Crippen molar-refractivity contribution in [3.63, 3.8) is 0 Å². The van der Waals surface area contributed by atoms with Gasteiger partial charge in [0, 0.05) is 12.1 Å². The molecule has 0 bridgehead atoms. The maximum absolute atomic E-state index is 12.2. The molecule has 1 aromatic carbocycles. The molecule has 0 aromatic heterocycles. The van der Waals surface area contributed by atoms with Crippen molar-refractivity contribution in [2.24, 2.45) is 5.92 Å². The Labute approximate surface area is 120 Å². The lowest BCUT2D eigenvalue weighted by molar-refractivity contribution is -0.126. The van der Waals surface area contributed by atoms with E-state index >= 15 is 0 Å². The van der Waals surface area contributed by atoms with E-state index in [1.165, 1.54) is 5.56 Å². The number of nitrogens with one attached hydrogen (secondary N) is 2. The molecule has 4 heteroatoms. The van der Waals surface area contributed by atoms with Gasteiger partial charge in [-0.15, -0.1) is 0 Å². The number of rotatable bonds is 6. The summed E-state index contributed by atoms with van der Waals surface area (Å²) < 4.78 is 5.37. The van der Waals surface area contributed by atoms with Crippen LogP contribution >= 0.6 is 0 Å². The molecule has 0 spiro atoms. The molecule has 1 heterocycles. The fraction of sp³-hybridized carbons (Fsp3) is 0.562. The Morgan fingerprint density at radius 3 is 2.80 bits per heavy atom. The SMILES string of the molecule is CNC1COCC1C(=O)NC(C)CCc1ccccc1. The molecule has 1 aliphatic rings. The first kappa shape index (κ1) is 15.0. The van der Waals surface area contributed by atoms with E-state index in [0.717, 1.165) is 12.8 Å². The summed E-state index contributed by atoms with van der Waals surface area (Å²) in [5.74, 6) is 0.0292. The van der Waals surface area contributed by atoms with Gasteiger partial charge in [-0.25, -0.2) is 0 Å². The second-order valence-electron chi connectivity index (χ2n) is 5.47. The lowest BCUT2D eigenvalue weighted by atomic mass is 10.0. The van der Waals surface area contributed by atoms with Gasteiger partial charge in [0.05, 0.1) is 19.1 Å². The third kappa shape index (κ3) is 4.05. The topological polar surface area (TPSA) is 50.4 Å². The van der Waals surface area contributed by atoms with Crippen LogP contribution in [0.5, 0.6) is 0 Å². The Morgan fingerprint density at radius 1 is 1.35 bits per heavy atom. The predicted molar refractivity (Wildman–Crippen MR) is 79.5 cm³/mol. The summed E-state index contributed by atoms with van der Waals surface area (Å²) in [4.78, 5) is 12.2. The van der Waals surface area contributed by atoms with Crippen LogP contribution in [0.25, 0.3) is 0 Å². The highest BCUT2D eigenvalue weighted by Crippen LogP contribution is 2.14. The molecule has 0 radical (unpaired) electrons. The Morgan fingerprint density at radius 2 is 2.10 bits per heavy atom. The van der Waals surface area contributed by atoms with E-state index in [1.807, 2.05) is 25.2 Å². The molecule has 3 atom stereocenters. The smallest absolute Gasteiger partial charge is 0.227 e. The number of hydrogen-bond acceptors (Lipinski definition) is 3. The monoisotopic (exact) mass is 276 g/mol. The second-order valence-corrected chi connectivity index (χ2v) is 5.47. The number of ether oxygens (including phenoxy) is 1. The van der Waals surface area contributed by atoms with Gasteiger partial charge >= 0.3 is 0 Å². The van der Waals surface area contributed by atoms with Crippen LogP contribution in [0.3, 0.4) is 0 Å². The molecule has 20 heavy (non-hydrogen) atoms. The van der Waals surface area contributed by atoms with Crippen LogP contribution in [0, 0.1) is 5.92 Å². The summed E-state index contributed by atoms with van der Waals surface area (Å²) in [6, 6.07) is 10.7. The van der Waals surface area contributed by atoms with E-state index in [9.17, 15) is 4.79 Å². The van der Waals surface area contributed by atoms with Crippen LogP contribution < -0.4 is 10.6 Å². The maximum atomic E-state index is 12.2. The summed E-state index contributed by atoms with van der Waals surface area (Å²) >= 11 is 0. The van der Waals surface area contributed by atoms with E-state index in [2.05, 4.69) is 29.7 Å². The predicted octanol–water partition coefficient (Wildman–Crippen LogP) is 1.36. The minimum atomic E-state index is -0.0702. The molecule has 2 N–H and O–H groups in total. The quantitative estimate of drug-likeness (QED) is 0.825. The Bertz CT molecular complexity index is 422. The Kier molecular flexibility index (Phi) is 5.56. The first-order chi connectivity index (χ1) is 9.70. The van der Waals surface area contributed by atoms with Crippen molar-refractivity contribution in [1.29, 1.82) is 0 Å². The van der Waals surface area contributed by atoms with Crippen LogP contribution in [0.1, 0.15) is 18.9 Å². The summed E-state index contributed by atoms with van der Waals surface area (Å²) in [6.45, 7) is 3.20. The van der Waals surface area contributed by atoms with Gasteiger partial charge in [-0.2, -0.15) is 0 Å². The van der Waals surface area contributed by atoms with Crippen molar-refractivity contribution >= 4 is 5.91 Å². The minimum absolute atomic E-state index is 0.0702. The fourth-order valence-corrected chi connectivity index (χ4v) is 2.55. The van der Waals surface area contributed by atoms with Crippen LogP contribution in [0.15, 0.2) is 30.3 Å². The van der Waals surface area contributed by atoms with Crippen molar-refractivity contribution in [1.82, 2.24) is 10.6 Å². The number of carbonyl (C=O) groups excluding carboxylic acids is 1. The van der Waals surface area contributed by atoms with E-state index in [4.69, 9.17) is 4.74 Å². The number of benzene rings is 1. The minimum Gasteiger partial charge on any atom is -0.379 e. The van der Waals surface area contributed by atoms with Crippen molar-refractivity contribution in [3.8, 4) is 0 Å². The molecular weight excluding hydrogens is 252 g/mol. The van der Waals surface area contributed by atoms with Crippen molar-refractivity contribution < 1.29 is 9.53 Å². The van der Waals surface area contributed by atoms with Gasteiger partial charge in [-0.1, -0.05) is 30.3 Å². The van der Waals surface area contributed by atoms with E-state index in [0.29, 0.717) is 13.2 Å². The second kappa shape index (κ2) is 7.41. The van der Waals surface area contributed by atoms with E-state index in [-0.39, 0.29) is 23.9 Å². The molecule has 1 amide bonds. The zero-order chi connectivity index (χ0) is 14.4. The lowest BCUT2D eigenvalue weighted by Gasteiger charge is -2.20. The van der Waals surface area contributed by atoms with Crippen LogP contribution in [-0.2, 0) is 16.0 Å². The molecule has 1 aliphatic heterocycles. The third-order valence-corrected chi connectivity index (χ3v) is 3.89.